The highest BCUT2D eigenvalue weighted by Crippen LogP contribution is 2.39. The van der Waals surface area contributed by atoms with E-state index in [4.69, 9.17) is 9.15 Å². The van der Waals surface area contributed by atoms with E-state index in [1.165, 1.54) is 11.8 Å². The van der Waals surface area contributed by atoms with Crippen molar-refractivity contribution < 1.29 is 18.7 Å². The van der Waals surface area contributed by atoms with E-state index in [0.717, 1.165) is 11.5 Å². The maximum Gasteiger partial charge on any atom is 0.307 e. The van der Waals surface area contributed by atoms with E-state index in [9.17, 15) is 9.59 Å². The first-order valence-electron chi connectivity index (χ1n) is 6.25. The molecule has 1 amide bonds. The van der Waals surface area contributed by atoms with Crippen LogP contribution in [-0.4, -0.2) is 35.7 Å². The molecule has 0 radical (unpaired) electrons. The Bertz CT molecular complexity index is 471. The van der Waals surface area contributed by atoms with Gasteiger partial charge >= 0.3 is 5.97 Å². The van der Waals surface area contributed by atoms with Crippen molar-refractivity contribution in [2.45, 2.75) is 25.6 Å². The summed E-state index contributed by atoms with van der Waals surface area (Å²) in [5, 5.41) is -0.129. The SMILES string of the molecule is CCOC(=O)CCN1C(=O)CSC1c1ccc(C)o1. The number of amides is 1. The van der Waals surface area contributed by atoms with Gasteiger partial charge in [-0.3, -0.25) is 9.59 Å². The van der Waals surface area contributed by atoms with Crippen molar-refractivity contribution in [2.24, 2.45) is 0 Å². The third-order valence-electron chi connectivity index (χ3n) is 2.83. The van der Waals surface area contributed by atoms with E-state index in [2.05, 4.69) is 0 Å². The number of hydrogen-bond acceptors (Lipinski definition) is 5. The minimum absolute atomic E-state index is 0.0355. The Hall–Kier alpha value is -1.43. The lowest BCUT2D eigenvalue weighted by Crippen LogP contribution is -2.30. The van der Waals surface area contributed by atoms with Crippen LogP contribution in [0.1, 0.15) is 30.2 Å². The van der Waals surface area contributed by atoms with Crippen molar-refractivity contribution >= 4 is 23.6 Å². The molecule has 1 aliphatic heterocycles. The first kappa shape index (κ1) is 14.0. The van der Waals surface area contributed by atoms with Gasteiger partial charge in [0.25, 0.3) is 0 Å². The Labute approximate surface area is 116 Å². The van der Waals surface area contributed by atoms with Gasteiger partial charge in [0.1, 0.15) is 16.9 Å². The van der Waals surface area contributed by atoms with Crippen LogP contribution in [0.2, 0.25) is 0 Å². The molecule has 1 aromatic heterocycles. The van der Waals surface area contributed by atoms with Crippen LogP contribution in [0.25, 0.3) is 0 Å². The highest BCUT2D eigenvalue weighted by molar-refractivity contribution is 8.00. The molecular weight excluding hydrogens is 266 g/mol. The molecule has 1 saturated heterocycles. The van der Waals surface area contributed by atoms with Gasteiger partial charge in [0, 0.05) is 6.54 Å². The van der Waals surface area contributed by atoms with Crippen molar-refractivity contribution in [1.82, 2.24) is 4.90 Å². The van der Waals surface area contributed by atoms with Gasteiger partial charge in [-0.1, -0.05) is 0 Å². The van der Waals surface area contributed by atoms with Crippen molar-refractivity contribution in [3.05, 3.63) is 23.7 Å². The summed E-state index contributed by atoms with van der Waals surface area (Å²) in [6.45, 7) is 4.37. The summed E-state index contributed by atoms with van der Waals surface area (Å²) < 4.78 is 10.4. The smallest absolute Gasteiger partial charge is 0.307 e. The van der Waals surface area contributed by atoms with Gasteiger partial charge in [0.15, 0.2) is 0 Å². The van der Waals surface area contributed by atoms with Gasteiger partial charge in [0.2, 0.25) is 5.91 Å². The fraction of sp³-hybridized carbons (Fsp3) is 0.538. The van der Waals surface area contributed by atoms with E-state index < -0.39 is 0 Å². The Morgan fingerprint density at radius 1 is 1.58 bits per heavy atom. The number of carbonyl (C=O) groups is 2. The summed E-state index contributed by atoms with van der Waals surface area (Å²) in [7, 11) is 0. The van der Waals surface area contributed by atoms with E-state index in [1.54, 1.807) is 11.8 Å². The lowest BCUT2D eigenvalue weighted by Gasteiger charge is -2.21. The molecule has 2 heterocycles. The maximum absolute atomic E-state index is 11.8. The molecule has 0 saturated carbocycles. The predicted molar refractivity (Wildman–Crippen MR) is 71.6 cm³/mol. The van der Waals surface area contributed by atoms with Crippen LogP contribution < -0.4 is 0 Å². The normalized spacial score (nSPS) is 18.9. The molecule has 6 heteroatoms. The topological polar surface area (TPSA) is 59.8 Å². The number of aryl methyl sites for hydroxylation is 1. The lowest BCUT2D eigenvalue weighted by atomic mass is 10.3. The lowest BCUT2D eigenvalue weighted by molar-refractivity contribution is -0.144. The molecule has 1 atom stereocenters. The molecule has 0 spiro atoms. The molecule has 0 N–H and O–H groups in total. The van der Waals surface area contributed by atoms with Gasteiger partial charge in [-0.25, -0.2) is 0 Å². The zero-order valence-corrected chi connectivity index (χ0v) is 11.9. The van der Waals surface area contributed by atoms with Crippen LogP contribution in [0.4, 0.5) is 0 Å². The summed E-state index contributed by atoms with van der Waals surface area (Å²) in [6, 6.07) is 3.76. The number of thioether (sulfide) groups is 1. The van der Waals surface area contributed by atoms with E-state index in [-0.39, 0.29) is 23.7 Å². The number of ether oxygens (including phenoxy) is 1. The maximum atomic E-state index is 11.8. The van der Waals surface area contributed by atoms with Crippen LogP contribution >= 0.6 is 11.8 Å². The van der Waals surface area contributed by atoms with Crippen LogP contribution in [0, 0.1) is 6.92 Å². The zero-order valence-electron chi connectivity index (χ0n) is 11.0. The monoisotopic (exact) mass is 283 g/mol. The number of nitrogens with zero attached hydrogens (tertiary/aromatic N) is 1. The Kier molecular flexibility index (Phi) is 4.52. The van der Waals surface area contributed by atoms with Crippen molar-refractivity contribution in [2.75, 3.05) is 18.9 Å². The average molecular weight is 283 g/mol. The number of esters is 1. The molecule has 5 nitrogen and oxygen atoms in total. The minimum atomic E-state index is -0.276. The standard InChI is InChI=1S/C13H17NO4S/c1-3-17-12(16)6-7-14-11(15)8-19-13(14)10-5-4-9(2)18-10/h4-5,13H,3,6-8H2,1-2H3. The van der Waals surface area contributed by atoms with Crippen LogP contribution in [0.15, 0.2) is 16.5 Å². The number of carbonyl (C=O) groups excluding carboxylic acids is 2. The van der Waals surface area contributed by atoms with Crippen LogP contribution in [0.3, 0.4) is 0 Å². The van der Waals surface area contributed by atoms with E-state index in [0.29, 0.717) is 18.9 Å². The van der Waals surface area contributed by atoms with E-state index in [1.807, 2.05) is 19.1 Å². The fourth-order valence-electron chi connectivity index (χ4n) is 1.96. The highest BCUT2D eigenvalue weighted by atomic mass is 32.2. The number of rotatable bonds is 5. The predicted octanol–water partition coefficient (Wildman–Crippen LogP) is 2.12. The second kappa shape index (κ2) is 6.14. The average Bonchev–Trinajstić information content (AvgIpc) is 2.94. The van der Waals surface area contributed by atoms with Crippen molar-refractivity contribution in [3.8, 4) is 0 Å². The molecule has 1 aliphatic rings. The fourth-order valence-corrected chi connectivity index (χ4v) is 3.12. The van der Waals surface area contributed by atoms with Gasteiger partial charge < -0.3 is 14.1 Å². The third kappa shape index (κ3) is 3.32. The van der Waals surface area contributed by atoms with Crippen molar-refractivity contribution in [1.29, 1.82) is 0 Å². The number of hydrogen-bond donors (Lipinski definition) is 0. The molecule has 104 valence electrons. The first-order chi connectivity index (χ1) is 9.11. The quantitative estimate of drug-likeness (QED) is 0.775. The second-order valence-electron chi connectivity index (χ2n) is 4.25. The molecule has 0 aromatic carbocycles. The Balaban J connectivity index is 2.00. The van der Waals surface area contributed by atoms with Crippen LogP contribution in [0.5, 0.6) is 0 Å². The molecule has 1 unspecified atom stereocenters. The minimum Gasteiger partial charge on any atom is -0.466 e. The zero-order chi connectivity index (χ0) is 13.8. The molecule has 0 aliphatic carbocycles. The van der Waals surface area contributed by atoms with E-state index >= 15 is 0 Å². The Morgan fingerprint density at radius 2 is 2.37 bits per heavy atom. The first-order valence-corrected chi connectivity index (χ1v) is 7.29. The second-order valence-corrected chi connectivity index (χ2v) is 5.32. The van der Waals surface area contributed by atoms with Gasteiger partial charge in [-0.2, -0.15) is 0 Å². The van der Waals surface area contributed by atoms with Gasteiger partial charge in [-0.15, -0.1) is 11.8 Å². The summed E-state index contributed by atoms with van der Waals surface area (Å²) in [6.07, 6.45) is 0.219. The molecule has 0 bridgehead atoms. The summed E-state index contributed by atoms with van der Waals surface area (Å²) >= 11 is 1.52. The van der Waals surface area contributed by atoms with Gasteiger partial charge in [0.05, 0.1) is 18.8 Å². The Morgan fingerprint density at radius 3 is 3.00 bits per heavy atom. The largest absolute Gasteiger partial charge is 0.466 e. The molecule has 19 heavy (non-hydrogen) atoms. The molecule has 2 rings (SSSR count). The summed E-state index contributed by atoms with van der Waals surface area (Å²) in [5.41, 5.74) is 0. The molecule has 1 fully saturated rings. The van der Waals surface area contributed by atoms with Gasteiger partial charge in [-0.05, 0) is 26.0 Å². The molecular formula is C13H17NO4S. The van der Waals surface area contributed by atoms with Crippen LogP contribution in [-0.2, 0) is 14.3 Å². The third-order valence-corrected chi connectivity index (χ3v) is 4.05. The van der Waals surface area contributed by atoms with Crippen molar-refractivity contribution in [3.63, 3.8) is 0 Å². The number of furan rings is 1. The highest BCUT2D eigenvalue weighted by Gasteiger charge is 2.34. The summed E-state index contributed by atoms with van der Waals surface area (Å²) in [5.74, 6) is 1.76. The molecule has 1 aromatic rings. The summed E-state index contributed by atoms with van der Waals surface area (Å²) in [4.78, 5) is 24.9.